The third-order valence-corrected chi connectivity index (χ3v) is 3.35. The Hall–Kier alpha value is -2.03. The van der Waals surface area contributed by atoms with Crippen molar-refractivity contribution in [1.29, 1.82) is 0 Å². The summed E-state index contributed by atoms with van der Waals surface area (Å²) in [7, 11) is 0. The molecule has 0 fully saturated rings. The fourth-order valence-electron chi connectivity index (χ4n) is 2.02. The molecule has 0 aliphatic carbocycles. The highest BCUT2D eigenvalue weighted by Crippen LogP contribution is 2.14. The molecule has 0 bridgehead atoms. The first-order valence-electron chi connectivity index (χ1n) is 6.38. The molecule has 0 saturated heterocycles. The summed E-state index contributed by atoms with van der Waals surface area (Å²) in [6.07, 6.45) is 0. The number of carbonyl (C=O) groups excluding carboxylic acids is 1. The summed E-state index contributed by atoms with van der Waals surface area (Å²) >= 11 is 0. The van der Waals surface area contributed by atoms with Crippen LogP contribution in [0.4, 0.5) is 0 Å². The lowest BCUT2D eigenvalue weighted by Gasteiger charge is -2.06. The van der Waals surface area contributed by atoms with Crippen LogP contribution in [0.3, 0.4) is 0 Å². The third-order valence-electron chi connectivity index (χ3n) is 3.35. The van der Waals surface area contributed by atoms with E-state index in [0.717, 1.165) is 22.6 Å². The van der Waals surface area contributed by atoms with Crippen LogP contribution < -0.4 is 5.32 Å². The number of amides is 1. The number of hydrogen-bond acceptors (Lipinski definition) is 2. The molecule has 0 aliphatic heterocycles. The first kappa shape index (κ1) is 13.4. The third kappa shape index (κ3) is 3.05. The molecule has 1 aromatic heterocycles. The van der Waals surface area contributed by atoms with E-state index in [0.29, 0.717) is 12.1 Å². The Kier molecular flexibility index (Phi) is 3.74. The van der Waals surface area contributed by atoms with Gasteiger partial charge in [-0.1, -0.05) is 6.07 Å². The van der Waals surface area contributed by atoms with Gasteiger partial charge in [-0.3, -0.25) is 4.79 Å². The fourth-order valence-corrected chi connectivity index (χ4v) is 2.02. The van der Waals surface area contributed by atoms with Crippen LogP contribution in [0.2, 0.25) is 0 Å². The lowest BCUT2D eigenvalue weighted by molar-refractivity contribution is 0.0950. The molecule has 1 amide bonds. The zero-order valence-corrected chi connectivity index (χ0v) is 11.8. The molecule has 1 N–H and O–H groups in total. The summed E-state index contributed by atoms with van der Waals surface area (Å²) in [6, 6.07) is 7.69. The van der Waals surface area contributed by atoms with E-state index in [2.05, 4.69) is 5.32 Å². The average molecular weight is 257 g/mol. The Morgan fingerprint density at radius 3 is 2.42 bits per heavy atom. The number of carbonyl (C=O) groups is 1. The van der Waals surface area contributed by atoms with Gasteiger partial charge >= 0.3 is 0 Å². The van der Waals surface area contributed by atoms with E-state index in [4.69, 9.17) is 4.42 Å². The maximum atomic E-state index is 12.1. The van der Waals surface area contributed by atoms with E-state index in [9.17, 15) is 4.79 Å². The maximum absolute atomic E-state index is 12.1. The molecule has 1 aromatic carbocycles. The second-order valence-electron chi connectivity index (χ2n) is 4.92. The summed E-state index contributed by atoms with van der Waals surface area (Å²) < 4.78 is 5.44. The normalized spacial score (nSPS) is 10.5. The van der Waals surface area contributed by atoms with Crippen LogP contribution in [0.25, 0.3) is 0 Å². The second kappa shape index (κ2) is 5.31. The fraction of sp³-hybridized carbons (Fsp3) is 0.312. The van der Waals surface area contributed by atoms with Crippen LogP contribution in [-0.4, -0.2) is 5.91 Å². The van der Waals surface area contributed by atoms with E-state index in [-0.39, 0.29) is 5.91 Å². The zero-order chi connectivity index (χ0) is 14.0. The molecule has 3 nitrogen and oxygen atoms in total. The number of rotatable bonds is 3. The topological polar surface area (TPSA) is 42.2 Å². The molecule has 2 aromatic rings. The van der Waals surface area contributed by atoms with E-state index in [1.165, 1.54) is 5.56 Å². The van der Waals surface area contributed by atoms with Crippen molar-refractivity contribution in [1.82, 2.24) is 5.32 Å². The van der Waals surface area contributed by atoms with Gasteiger partial charge in [-0.25, -0.2) is 0 Å². The van der Waals surface area contributed by atoms with Gasteiger partial charge in [-0.2, -0.15) is 0 Å². The second-order valence-corrected chi connectivity index (χ2v) is 4.92. The number of benzene rings is 1. The highest BCUT2D eigenvalue weighted by atomic mass is 16.3. The van der Waals surface area contributed by atoms with E-state index in [1.807, 2.05) is 52.0 Å². The van der Waals surface area contributed by atoms with Gasteiger partial charge in [0.1, 0.15) is 11.5 Å². The predicted octanol–water partition coefficient (Wildman–Crippen LogP) is 3.44. The van der Waals surface area contributed by atoms with Crippen LogP contribution >= 0.6 is 0 Å². The van der Waals surface area contributed by atoms with Crippen molar-refractivity contribution in [2.45, 2.75) is 34.2 Å². The van der Waals surface area contributed by atoms with Gasteiger partial charge in [-0.05, 0) is 57.0 Å². The molecule has 19 heavy (non-hydrogen) atoms. The molecular weight excluding hydrogens is 238 g/mol. The predicted molar refractivity (Wildman–Crippen MR) is 75.3 cm³/mol. The Bertz CT molecular complexity index is 611. The number of aryl methyl sites for hydroxylation is 4. The summed E-state index contributed by atoms with van der Waals surface area (Å²) in [5, 5.41) is 2.92. The van der Waals surface area contributed by atoms with Gasteiger partial charge < -0.3 is 9.73 Å². The quantitative estimate of drug-likeness (QED) is 0.915. The Balaban J connectivity index is 2.05. The van der Waals surface area contributed by atoms with Crippen molar-refractivity contribution in [2.75, 3.05) is 0 Å². The van der Waals surface area contributed by atoms with Gasteiger partial charge in [-0.15, -0.1) is 0 Å². The van der Waals surface area contributed by atoms with Crippen LogP contribution in [-0.2, 0) is 6.54 Å². The minimum Gasteiger partial charge on any atom is -0.466 e. The van der Waals surface area contributed by atoms with Crippen molar-refractivity contribution in [3.63, 3.8) is 0 Å². The highest BCUT2D eigenvalue weighted by molar-refractivity contribution is 5.94. The Morgan fingerprint density at radius 2 is 1.84 bits per heavy atom. The molecule has 1 heterocycles. The first-order valence-corrected chi connectivity index (χ1v) is 6.38. The summed E-state index contributed by atoms with van der Waals surface area (Å²) in [6.45, 7) is 8.35. The van der Waals surface area contributed by atoms with Crippen molar-refractivity contribution < 1.29 is 9.21 Å². The minimum absolute atomic E-state index is 0.0543. The summed E-state index contributed by atoms with van der Waals surface area (Å²) in [5.74, 6) is 1.67. The van der Waals surface area contributed by atoms with Crippen molar-refractivity contribution in [2.24, 2.45) is 0 Å². The van der Waals surface area contributed by atoms with Gasteiger partial charge in [0, 0.05) is 17.7 Å². The number of nitrogens with one attached hydrogen (secondary N) is 1. The van der Waals surface area contributed by atoms with E-state index >= 15 is 0 Å². The molecule has 0 unspecified atom stereocenters. The molecule has 0 aliphatic rings. The van der Waals surface area contributed by atoms with Gasteiger partial charge in [0.15, 0.2) is 0 Å². The standard InChI is InChI=1S/C16H19NO2/c1-10-5-6-14(7-11(10)2)16(18)17-9-15-8-12(3)19-13(15)4/h5-8H,9H2,1-4H3,(H,17,18). The maximum Gasteiger partial charge on any atom is 0.251 e. The Morgan fingerprint density at radius 1 is 1.11 bits per heavy atom. The van der Waals surface area contributed by atoms with E-state index in [1.54, 1.807) is 0 Å². The number of hydrogen-bond donors (Lipinski definition) is 1. The summed E-state index contributed by atoms with van der Waals surface area (Å²) in [5.41, 5.74) is 4.04. The molecule has 100 valence electrons. The van der Waals surface area contributed by atoms with Crippen molar-refractivity contribution >= 4 is 5.91 Å². The molecule has 3 heteroatoms. The smallest absolute Gasteiger partial charge is 0.251 e. The lowest BCUT2D eigenvalue weighted by Crippen LogP contribution is -2.23. The van der Waals surface area contributed by atoms with Crippen LogP contribution in [0.1, 0.15) is 38.6 Å². The molecule has 2 rings (SSSR count). The zero-order valence-electron chi connectivity index (χ0n) is 11.8. The van der Waals surface area contributed by atoms with Crippen molar-refractivity contribution in [3.8, 4) is 0 Å². The average Bonchev–Trinajstić information content (AvgIpc) is 2.68. The Labute approximate surface area is 113 Å². The summed E-state index contributed by atoms with van der Waals surface area (Å²) in [4.78, 5) is 12.1. The van der Waals surface area contributed by atoms with E-state index < -0.39 is 0 Å². The van der Waals surface area contributed by atoms with Gasteiger partial charge in [0.05, 0.1) is 0 Å². The molecule has 0 radical (unpaired) electrons. The SMILES string of the molecule is Cc1cc(CNC(=O)c2ccc(C)c(C)c2)c(C)o1. The van der Waals surface area contributed by atoms with Crippen LogP contribution in [0.5, 0.6) is 0 Å². The van der Waals surface area contributed by atoms with Crippen molar-refractivity contribution in [3.05, 3.63) is 58.0 Å². The minimum atomic E-state index is -0.0543. The largest absolute Gasteiger partial charge is 0.466 e. The molecular formula is C16H19NO2. The molecule has 0 saturated carbocycles. The molecule has 0 atom stereocenters. The number of furan rings is 1. The van der Waals surface area contributed by atoms with Gasteiger partial charge in [0.2, 0.25) is 0 Å². The monoisotopic (exact) mass is 257 g/mol. The van der Waals surface area contributed by atoms with Gasteiger partial charge in [0.25, 0.3) is 5.91 Å². The molecule has 0 spiro atoms. The van der Waals surface area contributed by atoms with Crippen LogP contribution in [0, 0.1) is 27.7 Å². The first-order chi connectivity index (χ1) is 8.97. The highest BCUT2D eigenvalue weighted by Gasteiger charge is 2.09. The lowest BCUT2D eigenvalue weighted by atomic mass is 10.1. The van der Waals surface area contributed by atoms with Crippen LogP contribution in [0.15, 0.2) is 28.7 Å².